The number of nitrogens with zero attached hydrogens (tertiary/aromatic N) is 1. The van der Waals surface area contributed by atoms with Crippen LogP contribution in [-0.4, -0.2) is 43.9 Å². The Labute approximate surface area is 156 Å². The van der Waals surface area contributed by atoms with Crippen molar-refractivity contribution < 1.29 is 9.84 Å². The molecule has 23 heavy (non-hydrogen) atoms. The quantitative estimate of drug-likeness (QED) is 0.242. The molecule has 1 aromatic rings. The molecule has 6 heteroatoms. The summed E-state index contributed by atoms with van der Waals surface area (Å²) >= 11 is 0. The molecule has 0 aliphatic rings. The minimum Gasteiger partial charge on any atom is -0.386 e. The number of aliphatic hydroxyl groups excluding tert-OH is 1. The molecule has 0 radical (unpaired) electrons. The minimum atomic E-state index is -0.584. The number of guanidine groups is 1. The molecule has 0 saturated heterocycles. The van der Waals surface area contributed by atoms with Crippen LogP contribution in [-0.2, 0) is 4.74 Å². The van der Waals surface area contributed by atoms with Gasteiger partial charge in [-0.3, -0.25) is 4.99 Å². The molecular formula is C17H30IN3O2. The second-order valence-electron chi connectivity index (χ2n) is 5.12. The Morgan fingerprint density at radius 3 is 2.52 bits per heavy atom. The largest absolute Gasteiger partial charge is 0.386 e. The number of hydrogen-bond acceptors (Lipinski definition) is 3. The number of aliphatic imine (C=N–C) groups is 1. The maximum absolute atomic E-state index is 10.2. The standard InChI is InChI=1S/C17H29N3O2.HI/c1-4-18-17(19-11-6-12-22-5-2)20-13-16(21)15-9-7-14(3)8-10-15;/h7-10,16,21H,4-6,11-13H2,1-3H3,(H2,18,19,20);1H. The van der Waals surface area contributed by atoms with Gasteiger partial charge in [-0.05, 0) is 32.8 Å². The molecule has 0 amide bonds. The van der Waals surface area contributed by atoms with Crippen molar-refractivity contribution in [3.05, 3.63) is 35.4 Å². The zero-order chi connectivity index (χ0) is 16.2. The van der Waals surface area contributed by atoms with Crippen molar-refractivity contribution in [3.8, 4) is 0 Å². The van der Waals surface area contributed by atoms with Gasteiger partial charge >= 0.3 is 0 Å². The maximum Gasteiger partial charge on any atom is 0.191 e. The number of aliphatic hydroxyl groups is 1. The highest BCUT2D eigenvalue weighted by molar-refractivity contribution is 14.0. The lowest BCUT2D eigenvalue weighted by Gasteiger charge is -2.13. The molecule has 0 aliphatic heterocycles. The van der Waals surface area contributed by atoms with Crippen molar-refractivity contribution in [2.75, 3.05) is 32.8 Å². The Bertz CT molecular complexity index is 438. The molecule has 0 saturated carbocycles. The summed E-state index contributed by atoms with van der Waals surface area (Å²) in [5.41, 5.74) is 2.07. The molecule has 1 rings (SSSR count). The first-order chi connectivity index (χ1) is 10.7. The van der Waals surface area contributed by atoms with E-state index in [-0.39, 0.29) is 24.0 Å². The van der Waals surface area contributed by atoms with Crippen molar-refractivity contribution >= 4 is 29.9 Å². The van der Waals surface area contributed by atoms with E-state index in [1.807, 2.05) is 45.0 Å². The molecule has 132 valence electrons. The van der Waals surface area contributed by atoms with Crippen LogP contribution in [0.5, 0.6) is 0 Å². The summed E-state index contributed by atoms with van der Waals surface area (Å²) < 4.78 is 5.30. The predicted molar refractivity (Wildman–Crippen MR) is 107 cm³/mol. The van der Waals surface area contributed by atoms with Crippen LogP contribution in [0.4, 0.5) is 0 Å². The van der Waals surface area contributed by atoms with E-state index in [0.29, 0.717) is 6.54 Å². The molecular weight excluding hydrogens is 405 g/mol. The van der Waals surface area contributed by atoms with Gasteiger partial charge in [-0.2, -0.15) is 0 Å². The fourth-order valence-corrected chi connectivity index (χ4v) is 1.94. The summed E-state index contributed by atoms with van der Waals surface area (Å²) in [5, 5.41) is 16.6. The Morgan fingerprint density at radius 1 is 1.22 bits per heavy atom. The number of rotatable bonds is 9. The van der Waals surface area contributed by atoms with Crippen molar-refractivity contribution in [2.24, 2.45) is 4.99 Å². The van der Waals surface area contributed by atoms with Crippen LogP contribution in [0.15, 0.2) is 29.3 Å². The van der Waals surface area contributed by atoms with Gasteiger partial charge in [0, 0.05) is 26.3 Å². The highest BCUT2D eigenvalue weighted by Gasteiger charge is 2.07. The normalized spacial score (nSPS) is 12.4. The van der Waals surface area contributed by atoms with Crippen molar-refractivity contribution in [2.45, 2.75) is 33.3 Å². The van der Waals surface area contributed by atoms with E-state index in [0.717, 1.165) is 44.2 Å². The van der Waals surface area contributed by atoms with Crippen LogP contribution in [0, 0.1) is 6.92 Å². The highest BCUT2D eigenvalue weighted by atomic mass is 127. The van der Waals surface area contributed by atoms with Crippen LogP contribution >= 0.6 is 24.0 Å². The number of hydrogen-bond donors (Lipinski definition) is 3. The second kappa shape index (κ2) is 13.6. The van der Waals surface area contributed by atoms with E-state index in [1.165, 1.54) is 5.56 Å². The van der Waals surface area contributed by atoms with Crippen LogP contribution in [0.1, 0.15) is 37.5 Å². The van der Waals surface area contributed by atoms with Gasteiger partial charge in [0.05, 0.1) is 12.6 Å². The summed E-state index contributed by atoms with van der Waals surface area (Å²) in [6.07, 6.45) is 0.346. The third-order valence-corrected chi connectivity index (χ3v) is 3.19. The number of halogens is 1. The lowest BCUT2D eigenvalue weighted by Crippen LogP contribution is -2.38. The van der Waals surface area contributed by atoms with Crippen LogP contribution < -0.4 is 10.6 Å². The maximum atomic E-state index is 10.2. The lowest BCUT2D eigenvalue weighted by molar-refractivity contribution is 0.145. The Hall–Kier alpha value is -0.860. The van der Waals surface area contributed by atoms with Gasteiger partial charge in [-0.1, -0.05) is 29.8 Å². The first kappa shape index (κ1) is 22.1. The average molecular weight is 435 g/mol. The Morgan fingerprint density at radius 2 is 1.91 bits per heavy atom. The van der Waals surface area contributed by atoms with Gasteiger partial charge in [-0.15, -0.1) is 24.0 Å². The fourth-order valence-electron chi connectivity index (χ4n) is 1.94. The third-order valence-electron chi connectivity index (χ3n) is 3.19. The molecule has 0 heterocycles. The van der Waals surface area contributed by atoms with Crippen LogP contribution in [0.2, 0.25) is 0 Å². The first-order valence-corrected chi connectivity index (χ1v) is 8.01. The fraction of sp³-hybridized carbons (Fsp3) is 0.588. The molecule has 0 fully saturated rings. The monoisotopic (exact) mass is 435 g/mol. The smallest absolute Gasteiger partial charge is 0.191 e. The van der Waals surface area contributed by atoms with Crippen LogP contribution in [0.3, 0.4) is 0 Å². The average Bonchev–Trinajstić information content (AvgIpc) is 2.52. The number of benzene rings is 1. The SMILES string of the molecule is CCNC(=NCC(O)c1ccc(C)cc1)NCCCOCC.I. The topological polar surface area (TPSA) is 65.9 Å². The molecule has 5 nitrogen and oxygen atoms in total. The first-order valence-electron chi connectivity index (χ1n) is 8.01. The Kier molecular flexibility index (Phi) is 13.1. The van der Waals surface area contributed by atoms with Gasteiger partial charge < -0.3 is 20.5 Å². The van der Waals surface area contributed by atoms with Crippen molar-refractivity contribution in [1.82, 2.24) is 10.6 Å². The van der Waals surface area contributed by atoms with E-state index < -0.39 is 6.10 Å². The van der Waals surface area contributed by atoms with Gasteiger partial charge in [0.15, 0.2) is 5.96 Å². The van der Waals surface area contributed by atoms with Gasteiger partial charge in [0.2, 0.25) is 0 Å². The van der Waals surface area contributed by atoms with E-state index in [1.54, 1.807) is 0 Å². The molecule has 0 aliphatic carbocycles. The van der Waals surface area contributed by atoms with Crippen molar-refractivity contribution in [3.63, 3.8) is 0 Å². The number of nitrogens with one attached hydrogen (secondary N) is 2. The summed E-state index contributed by atoms with van der Waals surface area (Å²) in [4.78, 5) is 4.43. The second-order valence-corrected chi connectivity index (χ2v) is 5.12. The van der Waals surface area contributed by atoms with E-state index >= 15 is 0 Å². The zero-order valence-corrected chi connectivity index (χ0v) is 16.7. The highest BCUT2D eigenvalue weighted by Crippen LogP contribution is 2.13. The predicted octanol–water partition coefficient (Wildman–Crippen LogP) is 2.63. The van der Waals surface area contributed by atoms with Gasteiger partial charge in [-0.25, -0.2) is 0 Å². The summed E-state index contributed by atoms with van der Waals surface area (Å²) in [7, 11) is 0. The molecule has 0 bridgehead atoms. The molecule has 1 unspecified atom stereocenters. The summed E-state index contributed by atoms with van der Waals surface area (Å²) in [5.74, 6) is 0.727. The lowest BCUT2D eigenvalue weighted by atomic mass is 10.1. The number of aryl methyl sites for hydroxylation is 1. The summed E-state index contributed by atoms with van der Waals surface area (Å²) in [6, 6.07) is 7.88. The van der Waals surface area contributed by atoms with E-state index in [4.69, 9.17) is 4.74 Å². The molecule has 1 atom stereocenters. The zero-order valence-electron chi connectivity index (χ0n) is 14.3. The third kappa shape index (κ3) is 9.78. The molecule has 0 aromatic heterocycles. The summed E-state index contributed by atoms with van der Waals surface area (Å²) in [6.45, 7) is 9.46. The number of ether oxygens (including phenoxy) is 1. The molecule has 3 N–H and O–H groups in total. The van der Waals surface area contributed by atoms with E-state index in [2.05, 4.69) is 15.6 Å². The Balaban J connectivity index is 0.00000484. The minimum absolute atomic E-state index is 0. The van der Waals surface area contributed by atoms with Gasteiger partial charge in [0.1, 0.15) is 0 Å². The molecule has 0 spiro atoms. The molecule has 1 aromatic carbocycles. The van der Waals surface area contributed by atoms with Crippen LogP contribution in [0.25, 0.3) is 0 Å². The van der Waals surface area contributed by atoms with E-state index in [9.17, 15) is 5.11 Å². The van der Waals surface area contributed by atoms with Gasteiger partial charge in [0.25, 0.3) is 0 Å². The van der Waals surface area contributed by atoms with Crippen molar-refractivity contribution in [1.29, 1.82) is 0 Å².